The molecule has 29 heavy (non-hydrogen) atoms. The third kappa shape index (κ3) is 4.67. The summed E-state index contributed by atoms with van der Waals surface area (Å²) in [5, 5.41) is 1.12. The van der Waals surface area contributed by atoms with Crippen molar-refractivity contribution in [2.24, 2.45) is 5.92 Å². The second-order valence-electron chi connectivity index (χ2n) is 8.17. The highest BCUT2D eigenvalue weighted by molar-refractivity contribution is 5.89. The zero-order valence-corrected chi connectivity index (χ0v) is 17.5. The number of rotatable bonds is 5. The van der Waals surface area contributed by atoms with E-state index in [0.29, 0.717) is 5.92 Å². The third-order valence-corrected chi connectivity index (χ3v) is 6.03. The number of hydrogen-bond donors (Lipinski definition) is 0. The highest BCUT2D eigenvalue weighted by atomic mass is 16.5. The monoisotopic (exact) mass is 397 g/mol. The molecule has 0 aliphatic carbocycles. The van der Waals surface area contributed by atoms with Crippen LogP contribution in [0.4, 0.5) is 5.82 Å². The van der Waals surface area contributed by atoms with Crippen molar-refractivity contribution in [1.29, 1.82) is 0 Å². The highest BCUT2D eigenvalue weighted by Crippen LogP contribution is 2.28. The highest BCUT2D eigenvalue weighted by Gasteiger charge is 2.24. The number of ether oxygens (including phenoxy) is 1. The molecular weight excluding hydrogens is 366 g/mol. The number of para-hydroxylation sites is 1. The minimum Gasteiger partial charge on any atom is -0.384 e. The number of carbonyl (C=O) groups is 1. The molecule has 7 heteroatoms. The Balaban J connectivity index is 1.55. The Hall–Kier alpha value is -2.25. The van der Waals surface area contributed by atoms with Gasteiger partial charge in [0.1, 0.15) is 11.6 Å². The van der Waals surface area contributed by atoms with Crippen LogP contribution < -0.4 is 4.90 Å². The quantitative estimate of drug-likeness (QED) is 0.771. The molecule has 7 nitrogen and oxygen atoms in total. The van der Waals surface area contributed by atoms with Gasteiger partial charge in [-0.15, -0.1) is 0 Å². The number of nitrogens with zero attached hydrogens (tertiary/aromatic N) is 5. The standard InChI is InChI=1S/C22H31N5O2/c1-17(28)26-12-10-25(11-13-26)15-21-23-20-8-4-3-7-19(20)22(24-21)27-9-5-6-18(14-27)16-29-2/h3-4,7-8,18H,5-6,9-16H2,1-2H3. The lowest BCUT2D eigenvalue weighted by Gasteiger charge is -2.35. The predicted molar refractivity (Wildman–Crippen MR) is 114 cm³/mol. The Morgan fingerprint density at radius 3 is 2.69 bits per heavy atom. The van der Waals surface area contributed by atoms with Gasteiger partial charge in [0, 0.05) is 58.7 Å². The maximum absolute atomic E-state index is 11.6. The lowest BCUT2D eigenvalue weighted by Crippen LogP contribution is -2.47. The first-order chi connectivity index (χ1) is 14.1. The van der Waals surface area contributed by atoms with E-state index in [1.807, 2.05) is 11.0 Å². The summed E-state index contributed by atoms with van der Waals surface area (Å²) in [4.78, 5) is 28.1. The van der Waals surface area contributed by atoms with Crippen molar-refractivity contribution < 1.29 is 9.53 Å². The van der Waals surface area contributed by atoms with Crippen molar-refractivity contribution in [2.45, 2.75) is 26.3 Å². The largest absolute Gasteiger partial charge is 0.384 e. The van der Waals surface area contributed by atoms with Gasteiger partial charge in [0.05, 0.1) is 18.7 Å². The van der Waals surface area contributed by atoms with Gasteiger partial charge >= 0.3 is 0 Å². The van der Waals surface area contributed by atoms with Gasteiger partial charge in [0.2, 0.25) is 5.91 Å². The van der Waals surface area contributed by atoms with Gasteiger partial charge in [-0.2, -0.15) is 0 Å². The van der Waals surface area contributed by atoms with Crippen LogP contribution in [0, 0.1) is 5.92 Å². The summed E-state index contributed by atoms with van der Waals surface area (Å²) in [5.74, 6) is 2.62. The number of piperidine rings is 1. The minimum atomic E-state index is 0.157. The van der Waals surface area contributed by atoms with Crippen LogP contribution in [0.1, 0.15) is 25.6 Å². The average Bonchev–Trinajstić information content (AvgIpc) is 2.74. The van der Waals surface area contributed by atoms with Crippen molar-refractivity contribution in [3.05, 3.63) is 30.1 Å². The van der Waals surface area contributed by atoms with Crippen molar-refractivity contribution in [3.63, 3.8) is 0 Å². The fourth-order valence-corrected chi connectivity index (χ4v) is 4.47. The molecule has 4 rings (SSSR count). The molecule has 2 aliphatic heterocycles. The maximum atomic E-state index is 11.6. The fourth-order valence-electron chi connectivity index (χ4n) is 4.47. The van der Waals surface area contributed by atoms with Crippen LogP contribution in [0.3, 0.4) is 0 Å². The first-order valence-corrected chi connectivity index (χ1v) is 10.6. The van der Waals surface area contributed by atoms with Crippen LogP contribution in [0.25, 0.3) is 10.9 Å². The lowest BCUT2D eigenvalue weighted by atomic mass is 9.98. The number of methoxy groups -OCH3 is 1. The summed E-state index contributed by atoms with van der Waals surface area (Å²) < 4.78 is 5.41. The summed E-state index contributed by atoms with van der Waals surface area (Å²) in [6.07, 6.45) is 2.37. The number of fused-ring (bicyclic) bond motifs is 1. The Labute approximate surface area is 172 Å². The van der Waals surface area contributed by atoms with Crippen LogP contribution in [0.2, 0.25) is 0 Å². The van der Waals surface area contributed by atoms with Gasteiger partial charge < -0.3 is 14.5 Å². The van der Waals surface area contributed by atoms with Crippen LogP contribution in [-0.4, -0.2) is 78.7 Å². The number of amides is 1. The van der Waals surface area contributed by atoms with E-state index in [4.69, 9.17) is 14.7 Å². The van der Waals surface area contributed by atoms with Gasteiger partial charge in [-0.05, 0) is 30.9 Å². The molecule has 1 aromatic heterocycles. The molecule has 2 fully saturated rings. The molecular formula is C22H31N5O2. The summed E-state index contributed by atoms with van der Waals surface area (Å²) >= 11 is 0. The van der Waals surface area contributed by atoms with E-state index in [0.717, 1.165) is 81.4 Å². The Morgan fingerprint density at radius 1 is 1.14 bits per heavy atom. The molecule has 1 unspecified atom stereocenters. The molecule has 0 N–H and O–H groups in total. The van der Waals surface area contributed by atoms with Crippen LogP contribution in [0.15, 0.2) is 24.3 Å². The first kappa shape index (κ1) is 20.0. The van der Waals surface area contributed by atoms with Crippen LogP contribution in [-0.2, 0) is 16.1 Å². The SMILES string of the molecule is COCC1CCCN(c2nc(CN3CCN(C(C)=O)CC3)nc3ccccc23)C1. The number of piperazine rings is 1. The van der Waals surface area contributed by atoms with E-state index in [1.54, 1.807) is 14.0 Å². The second kappa shape index (κ2) is 9.05. The second-order valence-corrected chi connectivity index (χ2v) is 8.17. The van der Waals surface area contributed by atoms with E-state index >= 15 is 0 Å². The summed E-state index contributed by atoms with van der Waals surface area (Å²) in [6.45, 7) is 8.45. The molecule has 2 aromatic rings. The molecule has 0 radical (unpaired) electrons. The van der Waals surface area contributed by atoms with Gasteiger partial charge in [0.15, 0.2) is 0 Å². The molecule has 1 amide bonds. The molecule has 156 valence electrons. The third-order valence-electron chi connectivity index (χ3n) is 6.03. The molecule has 1 aromatic carbocycles. The molecule has 0 saturated carbocycles. The van der Waals surface area contributed by atoms with Gasteiger partial charge in [0.25, 0.3) is 0 Å². The van der Waals surface area contributed by atoms with Crippen molar-refractivity contribution >= 4 is 22.6 Å². The number of carbonyl (C=O) groups excluding carboxylic acids is 1. The van der Waals surface area contributed by atoms with Crippen LogP contribution in [0.5, 0.6) is 0 Å². The Bertz CT molecular complexity index is 848. The van der Waals surface area contributed by atoms with E-state index < -0.39 is 0 Å². The zero-order chi connectivity index (χ0) is 20.2. The Morgan fingerprint density at radius 2 is 1.93 bits per heavy atom. The maximum Gasteiger partial charge on any atom is 0.219 e. The summed E-state index contributed by atoms with van der Waals surface area (Å²) in [7, 11) is 1.78. The smallest absolute Gasteiger partial charge is 0.219 e. The summed E-state index contributed by atoms with van der Waals surface area (Å²) in [6, 6.07) is 8.30. The van der Waals surface area contributed by atoms with Gasteiger partial charge in [-0.3, -0.25) is 9.69 Å². The number of benzene rings is 1. The van der Waals surface area contributed by atoms with Crippen LogP contribution >= 0.6 is 0 Å². The van der Waals surface area contributed by atoms with E-state index in [1.165, 1.54) is 6.42 Å². The van der Waals surface area contributed by atoms with E-state index in [9.17, 15) is 4.79 Å². The molecule has 2 saturated heterocycles. The molecule has 1 atom stereocenters. The Kier molecular flexibility index (Phi) is 6.25. The van der Waals surface area contributed by atoms with Crippen molar-refractivity contribution in [1.82, 2.24) is 19.8 Å². The fraction of sp³-hybridized carbons (Fsp3) is 0.591. The molecule has 0 spiro atoms. The number of hydrogen-bond acceptors (Lipinski definition) is 6. The first-order valence-electron chi connectivity index (χ1n) is 10.6. The zero-order valence-electron chi connectivity index (χ0n) is 17.5. The number of aromatic nitrogens is 2. The van der Waals surface area contributed by atoms with E-state index in [-0.39, 0.29) is 5.91 Å². The topological polar surface area (TPSA) is 61.8 Å². The van der Waals surface area contributed by atoms with Crippen molar-refractivity contribution in [3.8, 4) is 0 Å². The van der Waals surface area contributed by atoms with Gasteiger partial charge in [-0.25, -0.2) is 9.97 Å². The normalized spacial score (nSPS) is 21.0. The predicted octanol–water partition coefficient (Wildman–Crippen LogP) is 2.16. The van der Waals surface area contributed by atoms with Crippen molar-refractivity contribution in [2.75, 3.05) is 57.9 Å². The minimum absolute atomic E-state index is 0.157. The summed E-state index contributed by atoms with van der Waals surface area (Å²) in [5.41, 5.74) is 1.00. The molecule has 2 aliphatic rings. The lowest BCUT2D eigenvalue weighted by molar-refractivity contribution is -0.130. The van der Waals surface area contributed by atoms with Gasteiger partial charge in [-0.1, -0.05) is 12.1 Å². The average molecular weight is 398 g/mol. The molecule has 3 heterocycles. The number of anilines is 1. The molecule has 0 bridgehead atoms. The van der Waals surface area contributed by atoms with E-state index in [2.05, 4.69) is 28.0 Å².